The number of amidine groups is 1. The van der Waals surface area contributed by atoms with Crippen LogP contribution in [0.25, 0.3) is 0 Å². The maximum atomic E-state index is 12.1. The van der Waals surface area contributed by atoms with Gasteiger partial charge in [0.25, 0.3) is 0 Å². The first-order valence-corrected chi connectivity index (χ1v) is 6.87. The van der Waals surface area contributed by atoms with E-state index in [2.05, 4.69) is 5.16 Å². The first kappa shape index (κ1) is 14.8. The third-order valence-corrected chi connectivity index (χ3v) is 3.20. The Hall–Kier alpha value is -2.62. The lowest BCUT2D eigenvalue weighted by Crippen LogP contribution is -2.18. The average Bonchev–Trinajstić information content (AvgIpc) is 2.55. The average molecular weight is 282 g/mol. The molecule has 0 saturated carbocycles. The van der Waals surface area contributed by atoms with Crippen LogP contribution < -0.4 is 5.73 Å². The molecule has 0 fully saturated rings. The van der Waals surface area contributed by atoms with E-state index < -0.39 is 5.97 Å². The molecule has 4 nitrogen and oxygen atoms in total. The summed E-state index contributed by atoms with van der Waals surface area (Å²) < 4.78 is 0. The van der Waals surface area contributed by atoms with Gasteiger partial charge in [-0.05, 0) is 12.0 Å². The molecule has 0 bridgehead atoms. The molecule has 0 radical (unpaired) electrons. The molecule has 2 N–H and O–H groups in total. The maximum absolute atomic E-state index is 12.1. The van der Waals surface area contributed by atoms with Crippen LogP contribution in [-0.2, 0) is 9.63 Å². The summed E-state index contributed by atoms with van der Waals surface area (Å²) in [5.41, 5.74) is 7.43. The monoisotopic (exact) mass is 282 g/mol. The minimum Gasteiger partial charge on any atom is -0.380 e. The molecule has 0 aliphatic carbocycles. The fourth-order valence-electron chi connectivity index (χ4n) is 2.04. The highest BCUT2D eigenvalue weighted by Crippen LogP contribution is 2.20. The quantitative estimate of drug-likeness (QED) is 0.397. The highest BCUT2D eigenvalue weighted by Gasteiger charge is 2.20. The van der Waals surface area contributed by atoms with Crippen LogP contribution in [0.2, 0.25) is 0 Å². The van der Waals surface area contributed by atoms with E-state index >= 15 is 0 Å². The molecule has 0 spiro atoms. The zero-order chi connectivity index (χ0) is 15.1. The Morgan fingerprint density at radius 1 is 1.10 bits per heavy atom. The van der Waals surface area contributed by atoms with Crippen molar-refractivity contribution in [2.24, 2.45) is 10.9 Å². The van der Waals surface area contributed by atoms with Gasteiger partial charge in [-0.25, -0.2) is 4.79 Å². The summed E-state index contributed by atoms with van der Waals surface area (Å²) in [6.45, 7) is 1.93. The first-order chi connectivity index (χ1) is 10.2. The van der Waals surface area contributed by atoms with E-state index in [1.807, 2.05) is 55.5 Å². The maximum Gasteiger partial charge on any atom is 0.342 e. The molecular formula is C17H18N2O2. The molecule has 0 heterocycles. The zero-order valence-electron chi connectivity index (χ0n) is 11.9. The molecule has 0 aliphatic rings. The fourth-order valence-corrected chi connectivity index (χ4v) is 2.04. The molecule has 0 aliphatic heterocycles. The number of nitrogens with two attached hydrogens (primary N) is 1. The van der Waals surface area contributed by atoms with Gasteiger partial charge in [0.15, 0.2) is 5.84 Å². The molecule has 2 aromatic carbocycles. The van der Waals surface area contributed by atoms with E-state index in [1.54, 1.807) is 12.1 Å². The normalized spacial score (nSPS) is 12.7. The minimum absolute atomic E-state index is 0.187. The molecule has 0 aromatic heterocycles. The lowest BCUT2D eigenvalue weighted by Gasteiger charge is -2.11. The van der Waals surface area contributed by atoms with Crippen molar-refractivity contribution in [3.05, 3.63) is 71.8 Å². The van der Waals surface area contributed by atoms with Crippen molar-refractivity contribution in [1.82, 2.24) is 0 Å². The van der Waals surface area contributed by atoms with Crippen molar-refractivity contribution in [2.75, 3.05) is 0 Å². The molecule has 108 valence electrons. The smallest absolute Gasteiger partial charge is 0.342 e. The Balaban J connectivity index is 2.07. The van der Waals surface area contributed by atoms with Gasteiger partial charge in [0.2, 0.25) is 0 Å². The van der Waals surface area contributed by atoms with Gasteiger partial charge in [0.1, 0.15) is 0 Å². The summed E-state index contributed by atoms with van der Waals surface area (Å²) in [7, 11) is 0. The van der Waals surface area contributed by atoms with Crippen LogP contribution in [0.5, 0.6) is 0 Å². The van der Waals surface area contributed by atoms with Crippen LogP contribution in [0.15, 0.2) is 65.8 Å². The topological polar surface area (TPSA) is 64.7 Å². The fraction of sp³-hybridized carbons (Fsp3) is 0.176. The number of benzene rings is 2. The Kier molecular flexibility index (Phi) is 5.10. The zero-order valence-corrected chi connectivity index (χ0v) is 11.9. The molecule has 2 aromatic rings. The standard InChI is InChI=1S/C17H18N2O2/c1-2-15(13-9-5-3-6-10-13)17(20)21-19-16(18)14-11-7-4-8-12-14/h3-12,15H,2H2,1H3,(H2,18,19)/t15-/m0/s1. The second kappa shape index (κ2) is 7.24. The van der Waals surface area contributed by atoms with Crippen LogP contribution in [0.1, 0.15) is 30.4 Å². The molecule has 4 heteroatoms. The van der Waals surface area contributed by atoms with E-state index in [1.165, 1.54) is 0 Å². The molecule has 0 amide bonds. The van der Waals surface area contributed by atoms with Crippen molar-refractivity contribution >= 4 is 11.8 Å². The van der Waals surface area contributed by atoms with Gasteiger partial charge in [-0.1, -0.05) is 72.7 Å². The predicted octanol–water partition coefficient (Wildman–Crippen LogP) is 3.04. The highest BCUT2D eigenvalue weighted by molar-refractivity contribution is 5.97. The van der Waals surface area contributed by atoms with E-state index in [0.717, 1.165) is 11.1 Å². The molecule has 2 rings (SSSR count). The van der Waals surface area contributed by atoms with Gasteiger partial charge in [-0.15, -0.1) is 0 Å². The van der Waals surface area contributed by atoms with Crippen LogP contribution in [0, 0.1) is 0 Å². The van der Waals surface area contributed by atoms with Gasteiger partial charge in [-0.2, -0.15) is 0 Å². The lowest BCUT2D eigenvalue weighted by molar-refractivity contribution is -0.145. The van der Waals surface area contributed by atoms with E-state index in [0.29, 0.717) is 6.42 Å². The van der Waals surface area contributed by atoms with Crippen LogP contribution in [0.3, 0.4) is 0 Å². The highest BCUT2D eigenvalue weighted by atomic mass is 16.7. The second-order valence-corrected chi connectivity index (χ2v) is 4.62. The molecular weight excluding hydrogens is 264 g/mol. The Labute approximate surface area is 124 Å². The van der Waals surface area contributed by atoms with Crippen LogP contribution >= 0.6 is 0 Å². The summed E-state index contributed by atoms with van der Waals surface area (Å²) in [4.78, 5) is 17.1. The Bertz CT molecular complexity index is 609. The molecule has 0 saturated heterocycles. The van der Waals surface area contributed by atoms with Crippen molar-refractivity contribution in [3.8, 4) is 0 Å². The molecule has 1 atom stereocenters. The number of carbonyl (C=O) groups is 1. The second-order valence-electron chi connectivity index (χ2n) is 4.62. The van der Waals surface area contributed by atoms with Gasteiger partial charge in [0, 0.05) is 5.56 Å². The number of oxime groups is 1. The van der Waals surface area contributed by atoms with Crippen molar-refractivity contribution < 1.29 is 9.63 Å². The summed E-state index contributed by atoms with van der Waals surface area (Å²) in [5.74, 6) is -0.548. The first-order valence-electron chi connectivity index (χ1n) is 6.87. The number of rotatable bonds is 5. The van der Waals surface area contributed by atoms with Gasteiger partial charge >= 0.3 is 5.97 Å². The van der Waals surface area contributed by atoms with Crippen molar-refractivity contribution in [3.63, 3.8) is 0 Å². The van der Waals surface area contributed by atoms with E-state index in [9.17, 15) is 4.79 Å². The lowest BCUT2D eigenvalue weighted by atomic mass is 9.97. The number of carbonyl (C=O) groups excluding carboxylic acids is 1. The predicted molar refractivity (Wildman–Crippen MR) is 82.7 cm³/mol. The van der Waals surface area contributed by atoms with Crippen molar-refractivity contribution in [2.45, 2.75) is 19.3 Å². The third-order valence-electron chi connectivity index (χ3n) is 3.20. The van der Waals surface area contributed by atoms with Gasteiger partial charge in [0.05, 0.1) is 5.92 Å². The summed E-state index contributed by atoms with van der Waals surface area (Å²) in [6.07, 6.45) is 0.642. The van der Waals surface area contributed by atoms with E-state index in [4.69, 9.17) is 10.6 Å². The minimum atomic E-state index is -0.400. The molecule has 0 unspecified atom stereocenters. The van der Waals surface area contributed by atoms with Gasteiger partial charge < -0.3 is 10.6 Å². The van der Waals surface area contributed by atoms with Crippen molar-refractivity contribution in [1.29, 1.82) is 0 Å². The van der Waals surface area contributed by atoms with Gasteiger partial charge in [-0.3, -0.25) is 0 Å². The summed E-state index contributed by atoms with van der Waals surface area (Å²) in [6, 6.07) is 18.7. The Morgan fingerprint density at radius 2 is 1.67 bits per heavy atom. The van der Waals surface area contributed by atoms with Crippen LogP contribution in [0.4, 0.5) is 0 Å². The Morgan fingerprint density at radius 3 is 2.24 bits per heavy atom. The number of hydrogen-bond acceptors (Lipinski definition) is 3. The largest absolute Gasteiger partial charge is 0.380 e. The number of nitrogens with zero attached hydrogens (tertiary/aromatic N) is 1. The number of hydrogen-bond donors (Lipinski definition) is 1. The van der Waals surface area contributed by atoms with Crippen LogP contribution in [-0.4, -0.2) is 11.8 Å². The summed E-state index contributed by atoms with van der Waals surface area (Å²) >= 11 is 0. The van der Waals surface area contributed by atoms with E-state index in [-0.39, 0.29) is 11.8 Å². The molecule has 21 heavy (non-hydrogen) atoms. The summed E-state index contributed by atoms with van der Waals surface area (Å²) in [5, 5.41) is 3.73. The third kappa shape index (κ3) is 3.92. The SMILES string of the molecule is CC[C@H](C(=O)O/N=C(/N)c1ccccc1)c1ccccc1.